The molecule has 3 heteroatoms. The third kappa shape index (κ3) is 1.65. The molecule has 3 rings (SSSR count). The van der Waals surface area contributed by atoms with Gasteiger partial charge in [0.05, 0.1) is 12.9 Å². The van der Waals surface area contributed by atoms with Crippen molar-refractivity contribution >= 4 is 6.21 Å². The van der Waals surface area contributed by atoms with Crippen LogP contribution in [-0.2, 0) is 13.1 Å². The number of aromatic nitrogens is 2. The van der Waals surface area contributed by atoms with Crippen LogP contribution >= 0.6 is 0 Å². The van der Waals surface area contributed by atoms with E-state index in [1.807, 2.05) is 18.7 Å². The zero-order valence-corrected chi connectivity index (χ0v) is 8.95. The van der Waals surface area contributed by atoms with Gasteiger partial charge in [-0.05, 0) is 11.1 Å². The maximum absolute atomic E-state index is 4.42. The number of benzene rings is 1. The second-order valence-corrected chi connectivity index (χ2v) is 4.05. The molecule has 0 fully saturated rings. The molecule has 1 atom stereocenters. The maximum Gasteiger partial charge on any atom is 0.0946 e. The van der Waals surface area contributed by atoms with Gasteiger partial charge in [-0.25, -0.2) is 4.98 Å². The Morgan fingerprint density at radius 3 is 3.12 bits per heavy atom. The smallest absolute Gasteiger partial charge is 0.0946 e. The van der Waals surface area contributed by atoms with E-state index < -0.39 is 0 Å². The van der Waals surface area contributed by atoms with E-state index in [0.717, 1.165) is 13.1 Å². The molecule has 0 saturated carbocycles. The first-order valence-corrected chi connectivity index (χ1v) is 5.47. The van der Waals surface area contributed by atoms with E-state index in [2.05, 4.69) is 45.0 Å². The lowest BCUT2D eigenvalue weighted by molar-refractivity contribution is 0.652. The van der Waals surface area contributed by atoms with Crippen LogP contribution in [0.5, 0.6) is 0 Å². The lowest BCUT2D eigenvalue weighted by Crippen LogP contribution is -2.14. The summed E-state index contributed by atoms with van der Waals surface area (Å²) in [5.41, 5.74) is 2.74. The van der Waals surface area contributed by atoms with Crippen molar-refractivity contribution in [1.29, 1.82) is 0 Å². The van der Waals surface area contributed by atoms with Crippen LogP contribution in [0.4, 0.5) is 0 Å². The highest BCUT2D eigenvalue weighted by atomic mass is 15.0. The van der Waals surface area contributed by atoms with E-state index >= 15 is 0 Å². The van der Waals surface area contributed by atoms with Crippen LogP contribution in [0.25, 0.3) is 0 Å². The van der Waals surface area contributed by atoms with Gasteiger partial charge in [-0.15, -0.1) is 0 Å². The molecule has 80 valence electrons. The quantitative estimate of drug-likeness (QED) is 0.749. The SMILES string of the molecule is C1=NCc2ccccc2C1Cn1ccnc1. The van der Waals surface area contributed by atoms with Gasteiger partial charge in [-0.2, -0.15) is 0 Å². The Hall–Kier alpha value is -1.90. The van der Waals surface area contributed by atoms with Crippen molar-refractivity contribution in [2.24, 2.45) is 4.99 Å². The van der Waals surface area contributed by atoms with Crippen LogP contribution in [-0.4, -0.2) is 15.8 Å². The summed E-state index contributed by atoms with van der Waals surface area (Å²) in [5, 5.41) is 0. The minimum atomic E-state index is 0.374. The molecule has 0 saturated heterocycles. The molecular formula is C13H13N3. The molecule has 0 aliphatic carbocycles. The Kier molecular flexibility index (Phi) is 2.29. The van der Waals surface area contributed by atoms with Crippen LogP contribution in [0.15, 0.2) is 48.0 Å². The number of imidazole rings is 1. The van der Waals surface area contributed by atoms with Gasteiger partial charge in [0.25, 0.3) is 0 Å². The zero-order chi connectivity index (χ0) is 10.8. The molecule has 0 spiro atoms. The summed E-state index contributed by atoms with van der Waals surface area (Å²) in [7, 11) is 0. The molecule has 0 amide bonds. The molecule has 1 aromatic heterocycles. The minimum Gasteiger partial charge on any atom is -0.337 e. The number of hydrogen-bond acceptors (Lipinski definition) is 2. The third-order valence-corrected chi connectivity index (χ3v) is 2.97. The Bertz CT molecular complexity index is 500. The lowest BCUT2D eigenvalue weighted by atomic mass is 9.93. The standard InChI is InChI=1S/C13H13N3/c1-2-4-13-11(3-1)7-15-8-12(13)9-16-6-5-14-10-16/h1-6,8,10,12H,7,9H2. The van der Waals surface area contributed by atoms with Gasteiger partial charge in [0.15, 0.2) is 0 Å². The van der Waals surface area contributed by atoms with Gasteiger partial charge in [0.2, 0.25) is 0 Å². The molecule has 1 aromatic carbocycles. The van der Waals surface area contributed by atoms with Crippen molar-refractivity contribution in [3.63, 3.8) is 0 Å². The number of nitrogens with zero attached hydrogens (tertiary/aromatic N) is 3. The highest BCUT2D eigenvalue weighted by Gasteiger charge is 2.16. The summed E-state index contributed by atoms with van der Waals surface area (Å²) >= 11 is 0. The molecule has 2 heterocycles. The molecular weight excluding hydrogens is 198 g/mol. The molecule has 3 nitrogen and oxygen atoms in total. The predicted octanol–water partition coefficient (Wildman–Crippen LogP) is 2.25. The molecule has 0 bridgehead atoms. The van der Waals surface area contributed by atoms with Crippen LogP contribution in [0.2, 0.25) is 0 Å². The van der Waals surface area contributed by atoms with E-state index in [-0.39, 0.29) is 0 Å². The molecule has 16 heavy (non-hydrogen) atoms. The average molecular weight is 211 g/mol. The molecule has 0 radical (unpaired) electrons. The number of rotatable bonds is 2. The first-order valence-electron chi connectivity index (χ1n) is 5.47. The van der Waals surface area contributed by atoms with Crippen molar-refractivity contribution < 1.29 is 0 Å². The topological polar surface area (TPSA) is 30.2 Å². The summed E-state index contributed by atoms with van der Waals surface area (Å²) in [4.78, 5) is 8.48. The molecule has 2 aromatic rings. The Labute approximate surface area is 94.5 Å². The van der Waals surface area contributed by atoms with Gasteiger partial charge in [-0.3, -0.25) is 4.99 Å². The van der Waals surface area contributed by atoms with Crippen molar-refractivity contribution in [3.8, 4) is 0 Å². The normalized spacial score (nSPS) is 18.4. The van der Waals surface area contributed by atoms with Gasteiger partial charge in [0, 0.05) is 31.1 Å². The van der Waals surface area contributed by atoms with Crippen LogP contribution < -0.4 is 0 Å². The van der Waals surface area contributed by atoms with Crippen LogP contribution in [0.3, 0.4) is 0 Å². The summed E-state index contributed by atoms with van der Waals surface area (Å²) in [6.07, 6.45) is 7.71. The second-order valence-electron chi connectivity index (χ2n) is 4.05. The molecule has 1 unspecified atom stereocenters. The fraction of sp³-hybridized carbons (Fsp3) is 0.231. The monoisotopic (exact) mass is 211 g/mol. The summed E-state index contributed by atoms with van der Waals surface area (Å²) < 4.78 is 2.10. The number of aliphatic imine (C=N–C) groups is 1. The van der Waals surface area contributed by atoms with E-state index in [9.17, 15) is 0 Å². The van der Waals surface area contributed by atoms with Gasteiger partial charge >= 0.3 is 0 Å². The average Bonchev–Trinajstić information content (AvgIpc) is 2.82. The summed E-state index contributed by atoms with van der Waals surface area (Å²) in [6.45, 7) is 1.73. The largest absolute Gasteiger partial charge is 0.337 e. The first kappa shape index (κ1) is 9.33. The van der Waals surface area contributed by atoms with Crippen LogP contribution in [0.1, 0.15) is 17.0 Å². The molecule has 0 N–H and O–H groups in total. The Morgan fingerprint density at radius 1 is 1.31 bits per heavy atom. The zero-order valence-electron chi connectivity index (χ0n) is 8.95. The van der Waals surface area contributed by atoms with Crippen molar-refractivity contribution in [3.05, 3.63) is 54.1 Å². The highest BCUT2D eigenvalue weighted by molar-refractivity contribution is 5.70. The lowest BCUT2D eigenvalue weighted by Gasteiger charge is -2.20. The second kappa shape index (κ2) is 3.93. The van der Waals surface area contributed by atoms with E-state index in [0.29, 0.717) is 5.92 Å². The van der Waals surface area contributed by atoms with Crippen molar-refractivity contribution in [2.45, 2.75) is 19.0 Å². The summed E-state index contributed by atoms with van der Waals surface area (Å²) in [5.74, 6) is 0.374. The van der Waals surface area contributed by atoms with Crippen molar-refractivity contribution in [1.82, 2.24) is 9.55 Å². The fourth-order valence-corrected chi connectivity index (χ4v) is 2.17. The highest BCUT2D eigenvalue weighted by Crippen LogP contribution is 2.24. The summed E-state index contributed by atoms with van der Waals surface area (Å²) in [6, 6.07) is 8.53. The van der Waals surface area contributed by atoms with E-state index in [1.165, 1.54) is 11.1 Å². The van der Waals surface area contributed by atoms with Crippen molar-refractivity contribution in [2.75, 3.05) is 0 Å². The van der Waals surface area contributed by atoms with Gasteiger partial charge < -0.3 is 4.57 Å². The Balaban J connectivity index is 1.91. The number of hydrogen-bond donors (Lipinski definition) is 0. The Morgan fingerprint density at radius 2 is 2.25 bits per heavy atom. The maximum atomic E-state index is 4.42. The molecule has 1 aliphatic rings. The minimum absolute atomic E-state index is 0.374. The van der Waals surface area contributed by atoms with Gasteiger partial charge in [-0.1, -0.05) is 24.3 Å². The number of fused-ring (bicyclic) bond motifs is 1. The van der Waals surface area contributed by atoms with Gasteiger partial charge in [0.1, 0.15) is 0 Å². The predicted molar refractivity (Wildman–Crippen MR) is 63.6 cm³/mol. The third-order valence-electron chi connectivity index (χ3n) is 2.97. The molecule has 1 aliphatic heterocycles. The first-order chi connectivity index (χ1) is 7.93. The van der Waals surface area contributed by atoms with E-state index in [4.69, 9.17) is 0 Å². The van der Waals surface area contributed by atoms with Crippen LogP contribution in [0, 0.1) is 0 Å². The van der Waals surface area contributed by atoms with E-state index in [1.54, 1.807) is 0 Å². The fourth-order valence-electron chi connectivity index (χ4n) is 2.17.